The quantitative estimate of drug-likeness (QED) is 0.275. The number of aliphatic hydroxyl groups is 2. The normalized spacial score (nSPS) is 6.86. The van der Waals surface area contributed by atoms with Gasteiger partial charge in [0.05, 0.1) is 0 Å². The third-order valence-corrected chi connectivity index (χ3v) is 0. The van der Waals surface area contributed by atoms with Crippen molar-refractivity contribution in [2.24, 2.45) is 0 Å². The molecule has 0 unspecified atom stereocenters. The molecule has 0 aromatic heterocycles. The zero-order chi connectivity index (χ0) is 6.28. The largest absolute Gasteiger partial charge is 0.483 e. The highest BCUT2D eigenvalue weighted by Crippen LogP contribution is 1.57. The van der Waals surface area contributed by atoms with Crippen molar-refractivity contribution in [3.05, 3.63) is 0 Å². The first-order valence-electron chi connectivity index (χ1n) is 1.59. The fourth-order valence-corrected chi connectivity index (χ4v) is 0. The zero-order valence-corrected chi connectivity index (χ0v) is 3.90. The number of aliphatic hydroxyl groups excluding tert-OH is 1. The molecule has 0 atom stereocenters. The van der Waals surface area contributed by atoms with Crippen LogP contribution in [0.2, 0.25) is 0 Å². The van der Waals surface area contributed by atoms with Crippen LogP contribution in [0.1, 0.15) is 6.92 Å². The molecule has 0 aromatic rings. The molecule has 7 heavy (non-hydrogen) atoms. The molecule has 0 aromatic carbocycles. The summed E-state index contributed by atoms with van der Waals surface area (Å²) in [4.78, 5) is 8.36. The lowest BCUT2D eigenvalue weighted by Gasteiger charge is -1.80. The summed E-state index contributed by atoms with van der Waals surface area (Å²) in [6, 6.07) is 0. The van der Waals surface area contributed by atoms with Gasteiger partial charge in [0.15, 0.2) is 0 Å². The number of carbonyl (C=O) groups is 1. The lowest BCUT2D eigenvalue weighted by molar-refractivity contribution is -0.122. The number of carboxylic acid groups (broad SMARTS) is 1. The second kappa shape index (κ2) is 9.04. The summed E-state index contributed by atoms with van der Waals surface area (Å²) in [7, 11) is 0. The van der Waals surface area contributed by atoms with Crippen LogP contribution in [-0.4, -0.2) is 28.1 Å². The lowest BCUT2D eigenvalue weighted by atomic mass is 10.8. The van der Waals surface area contributed by atoms with Gasteiger partial charge in [0.2, 0.25) is 0 Å². The highest BCUT2D eigenvalue weighted by atomic mass is 16.5. The van der Waals surface area contributed by atoms with E-state index in [4.69, 9.17) is 20.1 Å². The van der Waals surface area contributed by atoms with Gasteiger partial charge in [-0.2, -0.15) is 0 Å². The van der Waals surface area contributed by atoms with Gasteiger partial charge in [0.25, 0.3) is 6.47 Å². The minimum Gasteiger partial charge on any atom is -0.483 e. The molecule has 44 valence electrons. The smallest absolute Gasteiger partial charge is 0.290 e. The predicted octanol–water partition coefficient (Wildman–Crippen LogP) is -0.982. The number of rotatable bonds is 0. The van der Waals surface area contributed by atoms with Gasteiger partial charge in [-0.15, -0.1) is 0 Å². The zero-order valence-electron chi connectivity index (χ0n) is 3.90. The van der Waals surface area contributed by atoms with Crippen LogP contribution in [0.3, 0.4) is 0 Å². The standard InChI is InChI=1S/C2H6O2.CH2O2/c1-2(3)4;2-1-3/h2-4H,1H3;1H,(H,2,3). The molecular formula is C3H8O4. The molecule has 0 saturated carbocycles. The van der Waals surface area contributed by atoms with E-state index in [2.05, 4.69) is 0 Å². The first-order chi connectivity index (χ1) is 3.15. The summed E-state index contributed by atoms with van der Waals surface area (Å²) in [5.74, 6) is 0. The van der Waals surface area contributed by atoms with Gasteiger partial charge in [-0.1, -0.05) is 0 Å². The number of hydrogen-bond acceptors (Lipinski definition) is 3. The molecule has 4 heteroatoms. The van der Waals surface area contributed by atoms with E-state index in [1.165, 1.54) is 6.92 Å². The van der Waals surface area contributed by atoms with Gasteiger partial charge in [-0.25, -0.2) is 0 Å². The summed E-state index contributed by atoms with van der Waals surface area (Å²) < 4.78 is 0. The van der Waals surface area contributed by atoms with Crippen LogP contribution in [0, 0.1) is 0 Å². The SMILES string of the molecule is CC(O)O.O=CO. The Bertz CT molecular complexity index is 31.2. The van der Waals surface area contributed by atoms with Crippen molar-refractivity contribution >= 4 is 6.47 Å². The molecule has 0 aliphatic heterocycles. The Kier molecular flexibility index (Phi) is 12.4. The molecule has 0 amide bonds. The van der Waals surface area contributed by atoms with E-state index >= 15 is 0 Å². The highest BCUT2D eigenvalue weighted by Gasteiger charge is 1.70. The average molecular weight is 108 g/mol. The predicted molar refractivity (Wildman–Crippen MR) is 22.6 cm³/mol. The van der Waals surface area contributed by atoms with E-state index in [0.717, 1.165) is 0 Å². The summed E-state index contributed by atoms with van der Waals surface area (Å²) in [6.45, 7) is 1.03. The van der Waals surface area contributed by atoms with Gasteiger partial charge in [0, 0.05) is 0 Å². The van der Waals surface area contributed by atoms with Crippen LogP contribution in [0.5, 0.6) is 0 Å². The topological polar surface area (TPSA) is 77.8 Å². The Morgan fingerprint density at radius 3 is 1.57 bits per heavy atom. The molecule has 4 nitrogen and oxygen atoms in total. The lowest BCUT2D eigenvalue weighted by Crippen LogP contribution is -1.92. The van der Waals surface area contributed by atoms with E-state index in [9.17, 15) is 0 Å². The molecule has 0 saturated heterocycles. The Morgan fingerprint density at radius 2 is 1.57 bits per heavy atom. The third kappa shape index (κ3) is 166. The van der Waals surface area contributed by atoms with Crippen molar-refractivity contribution in [3.63, 3.8) is 0 Å². The fourth-order valence-electron chi connectivity index (χ4n) is 0. The number of hydrogen-bond donors (Lipinski definition) is 3. The molecule has 0 heterocycles. The van der Waals surface area contributed by atoms with Crippen molar-refractivity contribution < 1.29 is 20.1 Å². The highest BCUT2D eigenvalue weighted by molar-refractivity contribution is 5.32. The molecule has 3 N–H and O–H groups in total. The van der Waals surface area contributed by atoms with E-state index in [-0.39, 0.29) is 6.47 Å². The maximum absolute atomic E-state index is 8.36. The molecule has 0 radical (unpaired) electrons. The molecular weight excluding hydrogens is 100 g/mol. The Morgan fingerprint density at radius 1 is 1.57 bits per heavy atom. The first kappa shape index (κ1) is 9.63. The van der Waals surface area contributed by atoms with Crippen molar-refractivity contribution in [2.45, 2.75) is 13.2 Å². The van der Waals surface area contributed by atoms with E-state index in [1.54, 1.807) is 0 Å². The van der Waals surface area contributed by atoms with E-state index in [1.807, 2.05) is 0 Å². The van der Waals surface area contributed by atoms with Crippen molar-refractivity contribution in [1.29, 1.82) is 0 Å². The summed E-state index contributed by atoms with van der Waals surface area (Å²) in [5.41, 5.74) is 0. The van der Waals surface area contributed by atoms with Crippen LogP contribution in [0.4, 0.5) is 0 Å². The molecule has 0 aliphatic rings. The molecule has 0 fully saturated rings. The minimum atomic E-state index is -1.17. The third-order valence-electron chi connectivity index (χ3n) is 0. The van der Waals surface area contributed by atoms with Gasteiger partial charge >= 0.3 is 0 Å². The average Bonchev–Trinajstić information content (AvgIpc) is 1.33. The fraction of sp³-hybridized carbons (Fsp3) is 0.667. The van der Waals surface area contributed by atoms with Crippen LogP contribution in [0.25, 0.3) is 0 Å². The Labute approximate surface area is 41.0 Å². The van der Waals surface area contributed by atoms with Gasteiger partial charge < -0.3 is 15.3 Å². The molecule has 0 spiro atoms. The maximum Gasteiger partial charge on any atom is 0.290 e. The van der Waals surface area contributed by atoms with Crippen LogP contribution in [-0.2, 0) is 4.79 Å². The van der Waals surface area contributed by atoms with E-state index in [0.29, 0.717) is 0 Å². The minimum absolute atomic E-state index is 0.250. The van der Waals surface area contributed by atoms with Crippen molar-refractivity contribution in [1.82, 2.24) is 0 Å². The van der Waals surface area contributed by atoms with Gasteiger partial charge in [-0.3, -0.25) is 4.79 Å². The second-order valence-electron chi connectivity index (χ2n) is 0.737. The molecule has 0 rings (SSSR count). The van der Waals surface area contributed by atoms with Crippen LogP contribution >= 0.6 is 0 Å². The van der Waals surface area contributed by atoms with Gasteiger partial charge in [0.1, 0.15) is 6.29 Å². The second-order valence-corrected chi connectivity index (χ2v) is 0.737. The first-order valence-corrected chi connectivity index (χ1v) is 1.59. The Hall–Kier alpha value is -0.610. The summed E-state index contributed by atoms with van der Waals surface area (Å²) in [6.07, 6.45) is -1.17. The van der Waals surface area contributed by atoms with Crippen molar-refractivity contribution in [2.75, 3.05) is 0 Å². The van der Waals surface area contributed by atoms with Crippen molar-refractivity contribution in [3.8, 4) is 0 Å². The Balaban J connectivity index is 0. The van der Waals surface area contributed by atoms with Crippen LogP contribution < -0.4 is 0 Å². The maximum atomic E-state index is 8.36. The van der Waals surface area contributed by atoms with E-state index < -0.39 is 6.29 Å². The molecule has 0 aliphatic carbocycles. The van der Waals surface area contributed by atoms with Gasteiger partial charge in [-0.05, 0) is 6.92 Å². The molecule has 0 bridgehead atoms. The van der Waals surface area contributed by atoms with Crippen LogP contribution in [0.15, 0.2) is 0 Å². The summed E-state index contributed by atoms with van der Waals surface area (Å²) >= 11 is 0. The monoisotopic (exact) mass is 108 g/mol. The summed E-state index contributed by atoms with van der Waals surface area (Å²) in [5, 5.41) is 22.1.